The zero-order valence-corrected chi connectivity index (χ0v) is 14.1. The Morgan fingerprint density at radius 3 is 2.56 bits per heavy atom. The normalized spacial score (nSPS) is 13.8. The molecule has 0 aliphatic carbocycles. The molecule has 0 aliphatic heterocycles. The predicted molar refractivity (Wildman–Crippen MR) is 85.7 cm³/mol. The molecule has 0 aromatic heterocycles. The van der Waals surface area contributed by atoms with Crippen LogP contribution in [0.25, 0.3) is 0 Å². The molecule has 0 heterocycles. The molecule has 0 saturated heterocycles. The highest BCUT2D eigenvalue weighted by Crippen LogP contribution is 2.29. The van der Waals surface area contributed by atoms with Gasteiger partial charge >= 0.3 is 0 Å². The molecule has 3 N–H and O–H groups in total. The van der Waals surface area contributed by atoms with Crippen LogP contribution in [0.15, 0.2) is 27.1 Å². The monoisotopic (exact) mass is 392 g/mol. The van der Waals surface area contributed by atoms with E-state index in [1.54, 1.807) is 6.92 Å². The van der Waals surface area contributed by atoms with Crippen LogP contribution < -0.4 is 11.1 Å². The van der Waals surface area contributed by atoms with Gasteiger partial charge in [-0.15, -0.1) is 0 Å². The molecule has 1 amide bonds. The van der Waals surface area contributed by atoms with Crippen LogP contribution in [-0.2, 0) is 4.79 Å². The second kappa shape index (κ2) is 6.12. The Morgan fingerprint density at radius 2 is 2.11 bits per heavy atom. The maximum Gasteiger partial charge on any atom is 0.237 e. The number of carbonyl (C=O) groups is 1. The summed E-state index contributed by atoms with van der Waals surface area (Å²) in [4.78, 5) is 12.4. The number of rotatable bonds is 4. The van der Waals surface area contributed by atoms with Crippen LogP contribution in [-0.4, -0.2) is 10.9 Å². The van der Waals surface area contributed by atoms with Gasteiger partial charge in [0.1, 0.15) is 0 Å². The predicted octanol–water partition coefficient (Wildman–Crippen LogP) is 3.85. The molecule has 0 bridgehead atoms. The molecule has 1 aromatic rings. The van der Waals surface area contributed by atoms with Crippen LogP contribution in [0.5, 0.6) is 0 Å². The summed E-state index contributed by atoms with van der Waals surface area (Å²) in [6, 6.07) is 5.52. The van der Waals surface area contributed by atoms with Crippen molar-refractivity contribution in [1.82, 2.24) is 0 Å². The molecule has 0 fully saturated rings. The lowest BCUT2D eigenvalue weighted by Crippen LogP contribution is -2.43. The number of carbonyl (C=O) groups excluding carboxylic acids is 1. The van der Waals surface area contributed by atoms with Crippen molar-refractivity contribution in [3.8, 4) is 0 Å². The number of thiocarbonyl (C=S) groups is 1. The van der Waals surface area contributed by atoms with Crippen LogP contribution >= 0.6 is 44.1 Å². The molecule has 0 aliphatic rings. The van der Waals surface area contributed by atoms with Gasteiger partial charge in [-0.2, -0.15) is 0 Å². The van der Waals surface area contributed by atoms with Crippen LogP contribution in [0.3, 0.4) is 0 Å². The third kappa shape index (κ3) is 3.30. The Morgan fingerprint density at radius 1 is 1.50 bits per heavy atom. The molecule has 1 rings (SSSR count). The standard InChI is InChI=1S/C12H14Br2N2OS/c1-3-12(2,10(15)18)11(17)16-9-5-4-7(13)6-8(9)14/h4-6H,3H2,1-2H3,(H2,15,18)(H,16,17). The SMILES string of the molecule is CCC(C)(C(=O)Nc1ccc(Br)cc1Br)C(N)=S. The van der Waals surface area contributed by atoms with E-state index < -0.39 is 5.41 Å². The summed E-state index contributed by atoms with van der Waals surface area (Å²) in [5.74, 6) is -0.194. The maximum absolute atomic E-state index is 12.2. The van der Waals surface area contributed by atoms with Crippen molar-refractivity contribution < 1.29 is 4.79 Å². The van der Waals surface area contributed by atoms with Gasteiger partial charge in [0.15, 0.2) is 0 Å². The van der Waals surface area contributed by atoms with Crippen molar-refractivity contribution in [2.24, 2.45) is 11.1 Å². The molecule has 6 heteroatoms. The lowest BCUT2D eigenvalue weighted by Gasteiger charge is -2.25. The molecule has 3 nitrogen and oxygen atoms in total. The number of benzene rings is 1. The summed E-state index contributed by atoms with van der Waals surface area (Å²) >= 11 is 11.7. The topological polar surface area (TPSA) is 55.1 Å². The van der Waals surface area contributed by atoms with E-state index in [2.05, 4.69) is 37.2 Å². The van der Waals surface area contributed by atoms with Gasteiger partial charge in [0, 0.05) is 8.95 Å². The van der Waals surface area contributed by atoms with Crippen molar-refractivity contribution >= 4 is 60.7 Å². The van der Waals surface area contributed by atoms with E-state index in [4.69, 9.17) is 18.0 Å². The molecule has 0 saturated carbocycles. The lowest BCUT2D eigenvalue weighted by atomic mass is 9.86. The van der Waals surface area contributed by atoms with E-state index in [0.29, 0.717) is 12.1 Å². The smallest absolute Gasteiger partial charge is 0.237 e. The van der Waals surface area contributed by atoms with Crippen LogP contribution in [0.4, 0.5) is 5.69 Å². The van der Waals surface area contributed by atoms with Gasteiger partial charge in [0.05, 0.1) is 16.1 Å². The summed E-state index contributed by atoms with van der Waals surface area (Å²) in [7, 11) is 0. The molecule has 1 unspecified atom stereocenters. The summed E-state index contributed by atoms with van der Waals surface area (Å²) in [5.41, 5.74) is 5.51. The summed E-state index contributed by atoms with van der Waals surface area (Å²) in [5, 5.41) is 2.84. The number of hydrogen-bond donors (Lipinski definition) is 2. The van der Waals surface area contributed by atoms with Gasteiger partial charge < -0.3 is 11.1 Å². The van der Waals surface area contributed by atoms with Crippen LogP contribution in [0.2, 0.25) is 0 Å². The first-order valence-corrected chi connectivity index (χ1v) is 7.37. The van der Waals surface area contributed by atoms with E-state index in [9.17, 15) is 4.79 Å². The summed E-state index contributed by atoms with van der Waals surface area (Å²) in [6.07, 6.45) is 0.558. The minimum Gasteiger partial charge on any atom is -0.392 e. The van der Waals surface area contributed by atoms with Crippen molar-refractivity contribution in [2.45, 2.75) is 20.3 Å². The van der Waals surface area contributed by atoms with Gasteiger partial charge in [-0.1, -0.05) is 35.1 Å². The minimum absolute atomic E-state index is 0.194. The summed E-state index contributed by atoms with van der Waals surface area (Å²) < 4.78 is 1.73. The maximum atomic E-state index is 12.2. The number of amides is 1. The molecule has 1 atom stereocenters. The average molecular weight is 394 g/mol. The van der Waals surface area contributed by atoms with Gasteiger partial charge in [0.2, 0.25) is 5.91 Å². The van der Waals surface area contributed by atoms with Gasteiger partial charge in [-0.3, -0.25) is 4.79 Å². The largest absolute Gasteiger partial charge is 0.392 e. The fraction of sp³-hybridized carbons (Fsp3) is 0.333. The number of nitrogens with one attached hydrogen (secondary N) is 1. The first-order chi connectivity index (χ1) is 8.31. The number of nitrogens with two attached hydrogens (primary N) is 1. The lowest BCUT2D eigenvalue weighted by molar-refractivity contribution is -0.121. The fourth-order valence-electron chi connectivity index (χ4n) is 1.30. The first kappa shape index (κ1) is 15.6. The third-order valence-electron chi connectivity index (χ3n) is 2.93. The zero-order chi connectivity index (χ0) is 13.9. The molecular formula is C12H14Br2N2OS. The molecular weight excluding hydrogens is 380 g/mol. The molecule has 18 heavy (non-hydrogen) atoms. The van der Waals surface area contributed by atoms with E-state index in [0.717, 1.165) is 8.95 Å². The molecule has 0 radical (unpaired) electrons. The van der Waals surface area contributed by atoms with Crippen LogP contribution in [0.1, 0.15) is 20.3 Å². The highest BCUT2D eigenvalue weighted by molar-refractivity contribution is 9.11. The van der Waals surface area contributed by atoms with Crippen molar-refractivity contribution in [2.75, 3.05) is 5.32 Å². The minimum atomic E-state index is -0.832. The van der Waals surface area contributed by atoms with E-state index in [1.165, 1.54) is 0 Å². The Kier molecular flexibility index (Phi) is 5.31. The fourth-order valence-corrected chi connectivity index (χ4v) is 2.68. The van der Waals surface area contributed by atoms with Crippen molar-refractivity contribution in [3.05, 3.63) is 27.1 Å². The van der Waals surface area contributed by atoms with Gasteiger partial charge in [-0.25, -0.2) is 0 Å². The highest BCUT2D eigenvalue weighted by atomic mass is 79.9. The highest BCUT2D eigenvalue weighted by Gasteiger charge is 2.34. The van der Waals surface area contributed by atoms with Gasteiger partial charge in [-0.05, 0) is 47.5 Å². The quantitative estimate of drug-likeness (QED) is 0.763. The zero-order valence-electron chi connectivity index (χ0n) is 10.1. The Labute approximate surface area is 129 Å². The number of hydrogen-bond acceptors (Lipinski definition) is 2. The van der Waals surface area contributed by atoms with E-state index in [1.807, 2.05) is 25.1 Å². The van der Waals surface area contributed by atoms with Crippen molar-refractivity contribution in [3.63, 3.8) is 0 Å². The third-order valence-corrected chi connectivity index (χ3v) is 4.53. The average Bonchev–Trinajstić information content (AvgIpc) is 2.31. The Bertz CT molecular complexity index is 493. The van der Waals surface area contributed by atoms with Crippen LogP contribution in [0, 0.1) is 5.41 Å². The van der Waals surface area contributed by atoms with E-state index >= 15 is 0 Å². The second-order valence-corrected chi connectivity index (χ2v) is 6.34. The number of anilines is 1. The number of halogens is 2. The first-order valence-electron chi connectivity index (χ1n) is 5.37. The Hall–Kier alpha value is -0.460. The summed E-state index contributed by atoms with van der Waals surface area (Å²) in [6.45, 7) is 3.63. The van der Waals surface area contributed by atoms with Gasteiger partial charge in [0.25, 0.3) is 0 Å². The van der Waals surface area contributed by atoms with E-state index in [-0.39, 0.29) is 10.9 Å². The van der Waals surface area contributed by atoms with Crippen molar-refractivity contribution in [1.29, 1.82) is 0 Å². The molecule has 98 valence electrons. The Balaban J connectivity index is 2.97. The molecule has 1 aromatic carbocycles. The molecule has 0 spiro atoms. The second-order valence-electron chi connectivity index (χ2n) is 4.13.